The SMILES string of the molecule is CC1(C)c2cc3c(cc2-c2cccc(N(c4ccc(-c5ccccc5)cc4)c4cccc5ccccc45)c21)oc1ccccc13. The molecule has 0 saturated heterocycles. The van der Waals surface area contributed by atoms with Gasteiger partial charge in [0.1, 0.15) is 11.2 Å². The molecular weight excluding hydrogens is 546 g/mol. The van der Waals surface area contributed by atoms with E-state index in [1.807, 2.05) is 6.07 Å². The molecule has 0 radical (unpaired) electrons. The summed E-state index contributed by atoms with van der Waals surface area (Å²) in [5.74, 6) is 0. The van der Waals surface area contributed by atoms with Crippen molar-refractivity contribution in [3.8, 4) is 22.3 Å². The lowest BCUT2D eigenvalue weighted by Crippen LogP contribution is -2.20. The van der Waals surface area contributed by atoms with Crippen molar-refractivity contribution in [1.29, 1.82) is 0 Å². The van der Waals surface area contributed by atoms with Crippen LogP contribution in [-0.2, 0) is 5.41 Å². The highest BCUT2D eigenvalue weighted by atomic mass is 16.3. The zero-order chi connectivity index (χ0) is 30.1. The molecule has 214 valence electrons. The largest absolute Gasteiger partial charge is 0.456 e. The molecular formula is C43H31NO. The summed E-state index contributed by atoms with van der Waals surface area (Å²) in [6, 6.07) is 54.7. The summed E-state index contributed by atoms with van der Waals surface area (Å²) in [5, 5.41) is 4.79. The fourth-order valence-corrected chi connectivity index (χ4v) is 7.50. The Balaban J connectivity index is 1.28. The summed E-state index contributed by atoms with van der Waals surface area (Å²) in [5.41, 5.74) is 12.7. The standard InChI is InChI=1S/C43H31NO/c1-43(2)37-26-36-33-17-8-9-21-40(33)45-41(36)27-35(37)34-18-11-20-39(42(34)43)44(38-19-10-15-30-14-6-7-16-32(30)38)31-24-22-29(23-25-31)28-12-4-3-5-13-28/h3-27H,1-2H3. The van der Waals surface area contributed by atoms with Gasteiger partial charge in [-0.15, -0.1) is 0 Å². The molecule has 8 aromatic rings. The van der Waals surface area contributed by atoms with Crippen molar-refractivity contribution < 1.29 is 4.42 Å². The number of hydrogen-bond donors (Lipinski definition) is 0. The molecule has 0 spiro atoms. The maximum absolute atomic E-state index is 6.36. The molecule has 0 saturated carbocycles. The second-order valence-corrected chi connectivity index (χ2v) is 12.6. The van der Waals surface area contributed by atoms with Gasteiger partial charge in [-0.3, -0.25) is 0 Å². The van der Waals surface area contributed by atoms with Gasteiger partial charge in [0.15, 0.2) is 0 Å². The topological polar surface area (TPSA) is 16.4 Å². The molecule has 0 fully saturated rings. The lowest BCUT2D eigenvalue weighted by Gasteiger charge is -2.33. The minimum atomic E-state index is -0.235. The first-order chi connectivity index (χ1) is 22.1. The van der Waals surface area contributed by atoms with Crippen molar-refractivity contribution in [2.75, 3.05) is 4.90 Å². The Morgan fingerprint density at radius 3 is 2.00 bits per heavy atom. The zero-order valence-electron chi connectivity index (χ0n) is 25.3. The molecule has 1 aliphatic carbocycles. The summed E-state index contributed by atoms with van der Waals surface area (Å²) >= 11 is 0. The average molecular weight is 578 g/mol. The van der Waals surface area contributed by atoms with Gasteiger partial charge in [0.05, 0.1) is 11.4 Å². The minimum absolute atomic E-state index is 0.235. The number of furan rings is 1. The van der Waals surface area contributed by atoms with Crippen molar-refractivity contribution in [2.45, 2.75) is 19.3 Å². The van der Waals surface area contributed by atoms with Gasteiger partial charge in [-0.1, -0.05) is 123 Å². The van der Waals surface area contributed by atoms with E-state index in [-0.39, 0.29) is 5.41 Å². The predicted molar refractivity (Wildman–Crippen MR) is 189 cm³/mol. The van der Waals surface area contributed by atoms with E-state index in [0.29, 0.717) is 0 Å². The molecule has 1 aliphatic rings. The Morgan fingerprint density at radius 1 is 0.489 bits per heavy atom. The van der Waals surface area contributed by atoms with Crippen LogP contribution in [0.5, 0.6) is 0 Å². The van der Waals surface area contributed by atoms with Crippen molar-refractivity contribution >= 4 is 49.8 Å². The molecule has 0 bridgehead atoms. The van der Waals surface area contributed by atoms with Gasteiger partial charge in [0.25, 0.3) is 0 Å². The average Bonchev–Trinajstić information content (AvgIpc) is 3.56. The van der Waals surface area contributed by atoms with Gasteiger partial charge in [0, 0.05) is 27.3 Å². The third kappa shape index (κ3) is 3.89. The molecule has 9 rings (SSSR count). The van der Waals surface area contributed by atoms with Gasteiger partial charge in [-0.2, -0.15) is 0 Å². The number of anilines is 3. The molecule has 0 N–H and O–H groups in total. The molecule has 0 aliphatic heterocycles. The van der Waals surface area contributed by atoms with Gasteiger partial charge in [-0.25, -0.2) is 0 Å². The minimum Gasteiger partial charge on any atom is -0.456 e. The van der Waals surface area contributed by atoms with Crippen molar-refractivity contribution in [2.24, 2.45) is 0 Å². The summed E-state index contributed by atoms with van der Waals surface area (Å²) in [4.78, 5) is 2.46. The van der Waals surface area contributed by atoms with Crippen LogP contribution in [-0.4, -0.2) is 0 Å². The number of para-hydroxylation sites is 1. The first kappa shape index (κ1) is 25.9. The predicted octanol–water partition coefficient (Wildman–Crippen LogP) is 12.2. The molecule has 0 atom stereocenters. The van der Waals surface area contributed by atoms with Crippen LogP contribution < -0.4 is 4.90 Å². The molecule has 1 aromatic heterocycles. The van der Waals surface area contributed by atoms with Crippen LogP contribution >= 0.6 is 0 Å². The normalized spacial score (nSPS) is 13.3. The van der Waals surface area contributed by atoms with Crippen LogP contribution in [0.25, 0.3) is 55.0 Å². The van der Waals surface area contributed by atoms with Gasteiger partial charge in [0.2, 0.25) is 0 Å². The van der Waals surface area contributed by atoms with Crippen molar-refractivity contribution in [3.63, 3.8) is 0 Å². The van der Waals surface area contributed by atoms with E-state index in [9.17, 15) is 0 Å². The Hall–Kier alpha value is -5.60. The molecule has 0 amide bonds. The highest BCUT2D eigenvalue weighted by Crippen LogP contribution is 2.56. The first-order valence-corrected chi connectivity index (χ1v) is 15.6. The Labute approximate surface area is 262 Å². The Kier molecular flexibility index (Phi) is 5.58. The maximum atomic E-state index is 6.36. The fraction of sp³-hybridized carbons (Fsp3) is 0.0698. The number of benzene rings is 7. The highest BCUT2D eigenvalue weighted by molar-refractivity contribution is 6.08. The van der Waals surface area contributed by atoms with E-state index in [4.69, 9.17) is 4.42 Å². The van der Waals surface area contributed by atoms with E-state index < -0.39 is 0 Å². The number of fused-ring (bicyclic) bond motifs is 7. The Morgan fingerprint density at radius 2 is 1.16 bits per heavy atom. The van der Waals surface area contributed by atoms with Crippen LogP contribution in [0.1, 0.15) is 25.0 Å². The molecule has 45 heavy (non-hydrogen) atoms. The van der Waals surface area contributed by atoms with Crippen LogP contribution in [0.4, 0.5) is 17.1 Å². The van der Waals surface area contributed by atoms with Gasteiger partial charge in [-0.05, 0) is 81.2 Å². The second-order valence-electron chi connectivity index (χ2n) is 12.6. The van der Waals surface area contributed by atoms with Gasteiger partial charge < -0.3 is 9.32 Å². The summed E-state index contributed by atoms with van der Waals surface area (Å²) < 4.78 is 6.36. The molecule has 2 heteroatoms. The quantitative estimate of drug-likeness (QED) is 0.207. The lowest BCUT2D eigenvalue weighted by atomic mass is 9.80. The summed E-state index contributed by atoms with van der Waals surface area (Å²) in [6.45, 7) is 4.74. The zero-order valence-corrected chi connectivity index (χ0v) is 25.3. The van der Waals surface area contributed by atoms with Crippen LogP contribution in [0.15, 0.2) is 156 Å². The third-order valence-electron chi connectivity index (χ3n) is 9.63. The van der Waals surface area contributed by atoms with Gasteiger partial charge >= 0.3 is 0 Å². The van der Waals surface area contributed by atoms with E-state index >= 15 is 0 Å². The fourth-order valence-electron chi connectivity index (χ4n) is 7.50. The van der Waals surface area contributed by atoms with E-state index in [2.05, 4.69) is 164 Å². The van der Waals surface area contributed by atoms with Crippen molar-refractivity contribution in [1.82, 2.24) is 0 Å². The second kappa shape index (κ2) is 9.70. The molecule has 2 nitrogen and oxygen atoms in total. The highest BCUT2D eigenvalue weighted by Gasteiger charge is 2.39. The van der Waals surface area contributed by atoms with E-state index in [0.717, 1.165) is 22.2 Å². The van der Waals surface area contributed by atoms with E-state index in [1.165, 1.54) is 60.9 Å². The lowest BCUT2D eigenvalue weighted by molar-refractivity contribution is 0.658. The number of rotatable bonds is 4. The van der Waals surface area contributed by atoms with Crippen LogP contribution in [0.2, 0.25) is 0 Å². The van der Waals surface area contributed by atoms with E-state index in [1.54, 1.807) is 0 Å². The number of nitrogens with zero attached hydrogens (tertiary/aromatic N) is 1. The summed E-state index contributed by atoms with van der Waals surface area (Å²) in [6.07, 6.45) is 0. The number of hydrogen-bond acceptors (Lipinski definition) is 2. The summed E-state index contributed by atoms with van der Waals surface area (Å²) in [7, 11) is 0. The Bertz CT molecular complexity index is 2390. The maximum Gasteiger partial charge on any atom is 0.136 e. The first-order valence-electron chi connectivity index (χ1n) is 15.6. The monoisotopic (exact) mass is 577 g/mol. The smallest absolute Gasteiger partial charge is 0.136 e. The van der Waals surface area contributed by atoms with Crippen LogP contribution in [0.3, 0.4) is 0 Å². The van der Waals surface area contributed by atoms with Crippen LogP contribution in [0, 0.1) is 0 Å². The molecule has 7 aromatic carbocycles. The molecule has 1 heterocycles. The molecule has 0 unspecified atom stereocenters. The van der Waals surface area contributed by atoms with Crippen molar-refractivity contribution in [3.05, 3.63) is 163 Å². The third-order valence-corrected chi connectivity index (χ3v) is 9.63.